The standard InChI is InChI=1S/C15H19BrClNO2/c1-20-14-8-7-10(9-11(14)16)15(19)18-13-6-4-2-3-5-12(13)17/h7-9,12-13H,2-6H2,1H3,(H,18,19). The van der Waals surface area contributed by atoms with Gasteiger partial charge in [-0.25, -0.2) is 0 Å². The Labute approximate surface area is 133 Å². The predicted octanol–water partition coefficient (Wildman–Crippen LogP) is 4.13. The van der Waals surface area contributed by atoms with E-state index >= 15 is 0 Å². The van der Waals surface area contributed by atoms with Crippen LogP contribution in [0.15, 0.2) is 22.7 Å². The summed E-state index contributed by atoms with van der Waals surface area (Å²) in [4.78, 5) is 12.3. The van der Waals surface area contributed by atoms with Gasteiger partial charge in [0, 0.05) is 11.6 Å². The molecule has 0 radical (unpaired) electrons. The minimum atomic E-state index is -0.0779. The first-order valence-corrected chi connectivity index (χ1v) is 8.13. The van der Waals surface area contributed by atoms with Crippen LogP contribution in [0.4, 0.5) is 0 Å². The number of rotatable bonds is 3. The number of methoxy groups -OCH3 is 1. The Hall–Kier alpha value is -0.740. The van der Waals surface area contributed by atoms with Gasteiger partial charge in [-0.1, -0.05) is 19.3 Å². The molecule has 0 heterocycles. The van der Waals surface area contributed by atoms with Crippen LogP contribution in [-0.4, -0.2) is 24.4 Å². The van der Waals surface area contributed by atoms with Gasteiger partial charge in [0.1, 0.15) is 5.75 Å². The SMILES string of the molecule is COc1ccc(C(=O)NC2CCCCCC2Cl)cc1Br. The summed E-state index contributed by atoms with van der Waals surface area (Å²) in [5, 5.41) is 3.09. The van der Waals surface area contributed by atoms with E-state index in [0.717, 1.165) is 30.2 Å². The Morgan fingerprint density at radius 3 is 2.80 bits per heavy atom. The highest BCUT2D eigenvalue weighted by atomic mass is 79.9. The summed E-state index contributed by atoms with van der Waals surface area (Å²) in [5.41, 5.74) is 0.616. The van der Waals surface area contributed by atoms with Gasteiger partial charge >= 0.3 is 0 Å². The maximum atomic E-state index is 12.3. The molecule has 1 N–H and O–H groups in total. The first kappa shape index (κ1) is 15.6. The van der Waals surface area contributed by atoms with Gasteiger partial charge in [0.2, 0.25) is 0 Å². The molecule has 1 aliphatic carbocycles. The van der Waals surface area contributed by atoms with Crippen LogP contribution in [-0.2, 0) is 0 Å². The minimum Gasteiger partial charge on any atom is -0.496 e. The van der Waals surface area contributed by atoms with Gasteiger partial charge < -0.3 is 10.1 Å². The highest BCUT2D eigenvalue weighted by Gasteiger charge is 2.23. The van der Waals surface area contributed by atoms with Crippen molar-refractivity contribution in [2.75, 3.05) is 7.11 Å². The van der Waals surface area contributed by atoms with Crippen molar-refractivity contribution in [3.05, 3.63) is 28.2 Å². The highest BCUT2D eigenvalue weighted by molar-refractivity contribution is 9.10. The lowest BCUT2D eigenvalue weighted by Crippen LogP contribution is -2.40. The monoisotopic (exact) mass is 359 g/mol. The Balaban J connectivity index is 2.05. The van der Waals surface area contributed by atoms with E-state index in [1.165, 1.54) is 6.42 Å². The number of hydrogen-bond acceptors (Lipinski definition) is 2. The van der Waals surface area contributed by atoms with E-state index in [-0.39, 0.29) is 17.3 Å². The molecule has 20 heavy (non-hydrogen) atoms. The first-order chi connectivity index (χ1) is 9.61. The van der Waals surface area contributed by atoms with E-state index in [2.05, 4.69) is 21.2 Å². The average Bonchev–Trinajstić information content (AvgIpc) is 2.64. The number of halogens is 2. The van der Waals surface area contributed by atoms with Gasteiger partial charge in [-0.15, -0.1) is 11.6 Å². The first-order valence-electron chi connectivity index (χ1n) is 6.90. The van der Waals surface area contributed by atoms with Crippen LogP contribution >= 0.6 is 27.5 Å². The maximum Gasteiger partial charge on any atom is 0.251 e. The van der Waals surface area contributed by atoms with E-state index in [9.17, 15) is 4.79 Å². The van der Waals surface area contributed by atoms with E-state index in [1.54, 1.807) is 25.3 Å². The molecule has 1 amide bonds. The van der Waals surface area contributed by atoms with Crippen LogP contribution in [0.1, 0.15) is 42.5 Å². The smallest absolute Gasteiger partial charge is 0.251 e. The summed E-state index contributed by atoms with van der Waals surface area (Å²) < 4.78 is 5.94. The number of nitrogens with one attached hydrogen (secondary N) is 1. The van der Waals surface area contributed by atoms with E-state index in [4.69, 9.17) is 16.3 Å². The van der Waals surface area contributed by atoms with Gasteiger partial charge in [-0.3, -0.25) is 4.79 Å². The summed E-state index contributed by atoms with van der Waals surface area (Å²) in [6.45, 7) is 0. The predicted molar refractivity (Wildman–Crippen MR) is 84.7 cm³/mol. The van der Waals surface area contributed by atoms with Gasteiger partial charge in [-0.05, 0) is 47.0 Å². The zero-order valence-corrected chi connectivity index (χ0v) is 13.8. The summed E-state index contributed by atoms with van der Waals surface area (Å²) in [6.07, 6.45) is 5.40. The Morgan fingerprint density at radius 2 is 2.10 bits per heavy atom. The van der Waals surface area contributed by atoms with Crippen molar-refractivity contribution in [3.8, 4) is 5.75 Å². The van der Waals surface area contributed by atoms with Crippen LogP contribution in [0, 0.1) is 0 Å². The number of carbonyl (C=O) groups excluding carboxylic acids is 1. The van der Waals surface area contributed by atoms with Crippen molar-refractivity contribution in [1.82, 2.24) is 5.32 Å². The second kappa shape index (κ2) is 7.32. The molecule has 0 aliphatic heterocycles. The van der Waals surface area contributed by atoms with Crippen LogP contribution in [0.25, 0.3) is 0 Å². The average molecular weight is 361 g/mol. The zero-order valence-electron chi connectivity index (χ0n) is 11.5. The van der Waals surface area contributed by atoms with E-state index in [1.807, 2.05) is 0 Å². The fraction of sp³-hybridized carbons (Fsp3) is 0.533. The molecule has 110 valence electrons. The fourth-order valence-corrected chi connectivity index (χ4v) is 3.37. The molecule has 1 aromatic carbocycles. The molecule has 2 rings (SSSR count). The lowest BCUT2D eigenvalue weighted by molar-refractivity contribution is 0.0934. The normalized spacial score (nSPS) is 22.9. The van der Waals surface area contributed by atoms with Crippen LogP contribution in [0.3, 0.4) is 0 Å². The second-order valence-electron chi connectivity index (χ2n) is 5.08. The molecular weight excluding hydrogens is 342 g/mol. The summed E-state index contributed by atoms with van der Waals surface area (Å²) in [6, 6.07) is 5.38. The molecular formula is C15H19BrClNO2. The molecule has 2 unspecified atom stereocenters. The number of ether oxygens (including phenoxy) is 1. The van der Waals surface area contributed by atoms with Crippen molar-refractivity contribution in [1.29, 1.82) is 0 Å². The molecule has 0 saturated heterocycles. The number of hydrogen-bond donors (Lipinski definition) is 1. The highest BCUT2D eigenvalue weighted by Crippen LogP contribution is 2.26. The summed E-state index contributed by atoms with van der Waals surface area (Å²) in [5.74, 6) is 0.636. The quantitative estimate of drug-likeness (QED) is 0.650. The van der Waals surface area contributed by atoms with Gasteiger partial charge in [0.05, 0.1) is 17.0 Å². The van der Waals surface area contributed by atoms with Crippen LogP contribution < -0.4 is 10.1 Å². The number of amides is 1. The Bertz CT molecular complexity index is 481. The number of alkyl halides is 1. The molecule has 0 bridgehead atoms. The third-order valence-corrected chi connectivity index (χ3v) is 4.80. The van der Waals surface area contributed by atoms with Gasteiger partial charge in [0.25, 0.3) is 5.91 Å². The summed E-state index contributed by atoms with van der Waals surface area (Å²) in [7, 11) is 1.60. The van der Waals surface area contributed by atoms with Crippen molar-refractivity contribution >= 4 is 33.4 Å². The molecule has 5 heteroatoms. The van der Waals surface area contributed by atoms with Gasteiger partial charge in [-0.2, -0.15) is 0 Å². The Kier molecular flexibility index (Phi) is 5.73. The van der Waals surface area contributed by atoms with Crippen molar-refractivity contribution < 1.29 is 9.53 Å². The third-order valence-electron chi connectivity index (χ3n) is 3.66. The van der Waals surface area contributed by atoms with E-state index in [0.29, 0.717) is 11.3 Å². The van der Waals surface area contributed by atoms with Gasteiger partial charge in [0.15, 0.2) is 0 Å². The second-order valence-corrected chi connectivity index (χ2v) is 6.50. The Morgan fingerprint density at radius 1 is 1.35 bits per heavy atom. The van der Waals surface area contributed by atoms with Crippen LogP contribution in [0.2, 0.25) is 0 Å². The molecule has 0 spiro atoms. The minimum absolute atomic E-state index is 0.0307. The van der Waals surface area contributed by atoms with Crippen molar-refractivity contribution in [3.63, 3.8) is 0 Å². The fourth-order valence-electron chi connectivity index (χ4n) is 2.48. The van der Waals surface area contributed by atoms with Crippen molar-refractivity contribution in [2.24, 2.45) is 0 Å². The lowest BCUT2D eigenvalue weighted by atomic mass is 10.1. The molecule has 1 fully saturated rings. The number of benzene rings is 1. The van der Waals surface area contributed by atoms with Crippen LogP contribution in [0.5, 0.6) is 5.75 Å². The largest absolute Gasteiger partial charge is 0.496 e. The topological polar surface area (TPSA) is 38.3 Å². The molecule has 1 saturated carbocycles. The molecule has 3 nitrogen and oxygen atoms in total. The zero-order chi connectivity index (χ0) is 14.5. The molecule has 1 aromatic rings. The maximum absolute atomic E-state index is 12.3. The van der Waals surface area contributed by atoms with E-state index < -0.39 is 0 Å². The van der Waals surface area contributed by atoms with Crippen molar-refractivity contribution in [2.45, 2.75) is 43.5 Å². The lowest BCUT2D eigenvalue weighted by Gasteiger charge is -2.21. The molecule has 0 aromatic heterocycles. The summed E-state index contributed by atoms with van der Waals surface area (Å²) >= 11 is 9.75. The third kappa shape index (κ3) is 3.89. The molecule has 1 aliphatic rings. The number of carbonyl (C=O) groups is 1. The molecule has 2 atom stereocenters.